The molecule has 0 bridgehead atoms. The lowest BCUT2D eigenvalue weighted by molar-refractivity contribution is 0.387. The molecule has 0 aliphatic carbocycles. The topological polar surface area (TPSA) is 34.1 Å². The smallest absolute Gasteiger partial charge is 0.165 e. The van der Waals surface area contributed by atoms with Crippen molar-refractivity contribution in [1.29, 1.82) is 0 Å². The largest absolute Gasteiger partial charge is 0.494 e. The van der Waals surface area contributed by atoms with E-state index in [2.05, 4.69) is 26.2 Å². The fourth-order valence-electron chi connectivity index (χ4n) is 1.50. The predicted molar refractivity (Wildman–Crippen MR) is 72.9 cm³/mol. The van der Waals surface area contributed by atoms with Crippen molar-refractivity contribution in [3.63, 3.8) is 0 Å². The average Bonchev–Trinajstić information content (AvgIpc) is 2.36. The summed E-state index contributed by atoms with van der Waals surface area (Å²) in [5, 5.41) is 3.10. The second kappa shape index (κ2) is 5.35. The van der Waals surface area contributed by atoms with Crippen molar-refractivity contribution in [3.8, 4) is 5.75 Å². The van der Waals surface area contributed by atoms with Crippen molar-refractivity contribution in [2.45, 2.75) is 6.92 Å². The molecule has 0 unspecified atom stereocenters. The zero-order valence-electron chi connectivity index (χ0n) is 10.00. The zero-order valence-corrected chi connectivity index (χ0v) is 11.6. The van der Waals surface area contributed by atoms with Crippen LogP contribution in [0.4, 0.5) is 15.9 Å². The molecule has 5 heteroatoms. The number of halogens is 2. The van der Waals surface area contributed by atoms with Gasteiger partial charge in [0.15, 0.2) is 11.6 Å². The van der Waals surface area contributed by atoms with Crippen LogP contribution in [0.5, 0.6) is 5.75 Å². The first-order chi connectivity index (χ1) is 8.60. The molecule has 1 heterocycles. The number of methoxy groups -OCH3 is 1. The molecule has 0 atom stereocenters. The van der Waals surface area contributed by atoms with E-state index in [0.29, 0.717) is 5.82 Å². The molecule has 0 saturated heterocycles. The molecular weight excluding hydrogens is 299 g/mol. The highest BCUT2D eigenvalue weighted by atomic mass is 79.9. The number of hydrogen-bond donors (Lipinski definition) is 1. The molecule has 0 aliphatic rings. The normalized spacial score (nSPS) is 10.2. The monoisotopic (exact) mass is 310 g/mol. The molecule has 2 rings (SSSR count). The highest BCUT2D eigenvalue weighted by Gasteiger charge is 2.05. The summed E-state index contributed by atoms with van der Waals surface area (Å²) < 4.78 is 19.1. The van der Waals surface area contributed by atoms with Gasteiger partial charge >= 0.3 is 0 Å². The van der Waals surface area contributed by atoms with Crippen LogP contribution >= 0.6 is 15.9 Å². The van der Waals surface area contributed by atoms with Crippen molar-refractivity contribution < 1.29 is 9.13 Å². The van der Waals surface area contributed by atoms with Crippen LogP contribution < -0.4 is 10.1 Å². The second-order valence-electron chi connectivity index (χ2n) is 3.74. The Balaban J connectivity index is 2.25. The van der Waals surface area contributed by atoms with Gasteiger partial charge < -0.3 is 10.1 Å². The van der Waals surface area contributed by atoms with Crippen LogP contribution in [-0.4, -0.2) is 12.1 Å². The van der Waals surface area contributed by atoms with Crippen LogP contribution in [0.25, 0.3) is 0 Å². The summed E-state index contributed by atoms with van der Waals surface area (Å²) in [6.45, 7) is 1.90. The number of hydrogen-bond acceptors (Lipinski definition) is 3. The summed E-state index contributed by atoms with van der Waals surface area (Å²) in [6, 6.07) is 8.33. The fourth-order valence-corrected chi connectivity index (χ4v) is 1.72. The maximum Gasteiger partial charge on any atom is 0.165 e. The lowest BCUT2D eigenvalue weighted by Crippen LogP contribution is -1.96. The van der Waals surface area contributed by atoms with E-state index in [0.717, 1.165) is 15.9 Å². The number of aromatic nitrogens is 1. The van der Waals surface area contributed by atoms with Crippen molar-refractivity contribution in [3.05, 3.63) is 46.3 Å². The van der Waals surface area contributed by atoms with Gasteiger partial charge in [-0.2, -0.15) is 0 Å². The minimum absolute atomic E-state index is 0.203. The molecule has 1 aromatic carbocycles. The fraction of sp³-hybridized carbons (Fsp3) is 0.154. The van der Waals surface area contributed by atoms with E-state index in [1.54, 1.807) is 12.1 Å². The Morgan fingerprint density at radius 3 is 2.72 bits per heavy atom. The first-order valence-electron chi connectivity index (χ1n) is 5.34. The van der Waals surface area contributed by atoms with E-state index in [4.69, 9.17) is 4.74 Å². The minimum Gasteiger partial charge on any atom is -0.494 e. The van der Waals surface area contributed by atoms with Gasteiger partial charge in [-0.3, -0.25) is 0 Å². The van der Waals surface area contributed by atoms with Crippen molar-refractivity contribution in [1.82, 2.24) is 4.98 Å². The van der Waals surface area contributed by atoms with Gasteiger partial charge in [0.25, 0.3) is 0 Å². The van der Waals surface area contributed by atoms with Gasteiger partial charge in [-0.05, 0) is 47.1 Å². The summed E-state index contributed by atoms with van der Waals surface area (Å²) in [7, 11) is 1.43. The third kappa shape index (κ3) is 2.79. The Labute approximate surface area is 113 Å². The van der Waals surface area contributed by atoms with Crippen LogP contribution in [0.1, 0.15) is 5.69 Å². The summed E-state index contributed by atoms with van der Waals surface area (Å²) in [5.74, 6) is 0.515. The van der Waals surface area contributed by atoms with Crippen LogP contribution in [-0.2, 0) is 0 Å². The van der Waals surface area contributed by atoms with Crippen LogP contribution in [0.2, 0.25) is 0 Å². The molecular formula is C13H12BrFN2O. The second-order valence-corrected chi connectivity index (χ2v) is 4.59. The van der Waals surface area contributed by atoms with Gasteiger partial charge in [-0.15, -0.1) is 0 Å². The number of nitrogens with zero attached hydrogens (tertiary/aromatic N) is 1. The molecule has 0 fully saturated rings. The Kier molecular flexibility index (Phi) is 3.81. The van der Waals surface area contributed by atoms with E-state index in [9.17, 15) is 4.39 Å². The number of ether oxygens (including phenoxy) is 1. The van der Waals surface area contributed by atoms with Gasteiger partial charge in [0.2, 0.25) is 0 Å². The van der Waals surface area contributed by atoms with Gasteiger partial charge in [0, 0.05) is 16.2 Å². The number of nitrogens with one attached hydrogen (secondary N) is 1. The Bertz CT molecular complexity index is 575. The SMILES string of the molecule is COc1cc(Nc2ccc(Br)c(C)n2)ccc1F. The maximum absolute atomic E-state index is 13.3. The van der Waals surface area contributed by atoms with Crippen molar-refractivity contribution in [2.75, 3.05) is 12.4 Å². The molecule has 0 radical (unpaired) electrons. The minimum atomic E-state index is -0.386. The van der Waals surface area contributed by atoms with Gasteiger partial charge in [0.1, 0.15) is 5.82 Å². The van der Waals surface area contributed by atoms with E-state index in [-0.39, 0.29) is 11.6 Å². The number of benzene rings is 1. The van der Waals surface area contributed by atoms with Crippen molar-refractivity contribution in [2.24, 2.45) is 0 Å². The van der Waals surface area contributed by atoms with E-state index < -0.39 is 0 Å². The molecule has 0 saturated carbocycles. The highest BCUT2D eigenvalue weighted by molar-refractivity contribution is 9.10. The number of aryl methyl sites for hydroxylation is 1. The summed E-state index contributed by atoms with van der Waals surface area (Å²) >= 11 is 3.39. The molecule has 0 spiro atoms. The molecule has 0 aliphatic heterocycles. The molecule has 1 aromatic heterocycles. The third-order valence-electron chi connectivity index (χ3n) is 2.44. The first kappa shape index (κ1) is 12.8. The summed E-state index contributed by atoms with van der Waals surface area (Å²) in [4.78, 5) is 4.35. The number of pyridine rings is 1. The lowest BCUT2D eigenvalue weighted by atomic mass is 10.3. The Morgan fingerprint density at radius 1 is 1.28 bits per heavy atom. The molecule has 1 N–H and O–H groups in total. The number of rotatable bonds is 3. The van der Waals surface area contributed by atoms with Gasteiger partial charge in [-0.1, -0.05) is 0 Å². The van der Waals surface area contributed by atoms with Gasteiger partial charge in [-0.25, -0.2) is 9.37 Å². The van der Waals surface area contributed by atoms with Crippen LogP contribution in [0.15, 0.2) is 34.8 Å². The maximum atomic E-state index is 13.3. The average molecular weight is 311 g/mol. The Hall–Kier alpha value is -1.62. The lowest BCUT2D eigenvalue weighted by Gasteiger charge is -2.09. The van der Waals surface area contributed by atoms with E-state index >= 15 is 0 Å². The molecule has 94 valence electrons. The van der Waals surface area contributed by atoms with Crippen LogP contribution in [0, 0.1) is 12.7 Å². The van der Waals surface area contributed by atoms with Gasteiger partial charge in [0.05, 0.1) is 12.8 Å². The quantitative estimate of drug-likeness (QED) is 0.929. The van der Waals surface area contributed by atoms with Crippen LogP contribution in [0.3, 0.4) is 0 Å². The molecule has 3 nitrogen and oxygen atoms in total. The van der Waals surface area contributed by atoms with E-state index in [1.165, 1.54) is 13.2 Å². The predicted octanol–water partition coefficient (Wildman–Crippen LogP) is 4.04. The standard InChI is InChI=1S/C13H12BrFN2O/c1-8-10(14)4-6-13(16-8)17-9-3-5-11(15)12(7-9)18-2/h3-7H,1-2H3,(H,16,17). The summed E-state index contributed by atoms with van der Waals surface area (Å²) in [5.41, 5.74) is 1.61. The number of anilines is 2. The molecule has 18 heavy (non-hydrogen) atoms. The van der Waals surface area contributed by atoms with Crippen molar-refractivity contribution >= 4 is 27.4 Å². The Morgan fingerprint density at radius 2 is 2.06 bits per heavy atom. The zero-order chi connectivity index (χ0) is 13.1. The summed E-state index contributed by atoms with van der Waals surface area (Å²) in [6.07, 6.45) is 0. The molecule has 2 aromatic rings. The van der Waals surface area contributed by atoms with E-state index in [1.807, 2.05) is 19.1 Å². The first-order valence-corrected chi connectivity index (χ1v) is 6.13. The highest BCUT2D eigenvalue weighted by Crippen LogP contribution is 2.24. The molecule has 0 amide bonds. The third-order valence-corrected chi connectivity index (χ3v) is 3.28.